The molecule has 0 aromatic heterocycles. The number of benzene rings is 2. The lowest BCUT2D eigenvalue weighted by molar-refractivity contribution is 0.214. The van der Waals surface area contributed by atoms with E-state index in [0.29, 0.717) is 12.0 Å². The molecular weight excluding hydrogens is 295 g/mol. The minimum absolute atomic E-state index is 0.195. The minimum Gasteiger partial charge on any atom is -0.394 e. The molecule has 2 rings (SSSR count). The van der Waals surface area contributed by atoms with E-state index in [2.05, 4.69) is 10.6 Å². The zero-order valence-corrected chi connectivity index (χ0v) is 13.0. The van der Waals surface area contributed by atoms with Crippen LogP contribution in [0.3, 0.4) is 0 Å². The summed E-state index contributed by atoms with van der Waals surface area (Å²) < 4.78 is 13.6. The van der Waals surface area contributed by atoms with Gasteiger partial charge in [-0.25, -0.2) is 9.18 Å². The van der Waals surface area contributed by atoms with Crippen molar-refractivity contribution in [2.75, 3.05) is 6.61 Å². The lowest BCUT2D eigenvalue weighted by Gasteiger charge is -2.20. The molecule has 0 saturated carbocycles. The molecule has 0 aliphatic rings. The van der Waals surface area contributed by atoms with Crippen molar-refractivity contribution in [2.45, 2.75) is 25.4 Å². The molecule has 2 aromatic carbocycles. The molecule has 2 unspecified atom stereocenters. The third kappa shape index (κ3) is 5.07. The largest absolute Gasteiger partial charge is 0.394 e. The molecule has 2 amide bonds. The maximum atomic E-state index is 13.6. The number of nitrogens with one attached hydrogen (secondary N) is 2. The molecule has 0 spiro atoms. The topological polar surface area (TPSA) is 61.4 Å². The van der Waals surface area contributed by atoms with Crippen LogP contribution in [0.2, 0.25) is 0 Å². The number of carbonyl (C=O) groups is 1. The molecule has 0 heterocycles. The first-order valence-corrected chi connectivity index (χ1v) is 7.56. The first-order valence-electron chi connectivity index (χ1n) is 7.56. The normalized spacial score (nSPS) is 13.2. The Bertz CT molecular complexity index is 634. The number of hydrogen-bond acceptors (Lipinski definition) is 2. The van der Waals surface area contributed by atoms with Gasteiger partial charge >= 0.3 is 6.03 Å². The van der Waals surface area contributed by atoms with Crippen LogP contribution in [-0.4, -0.2) is 23.8 Å². The van der Waals surface area contributed by atoms with E-state index < -0.39 is 12.1 Å². The van der Waals surface area contributed by atoms with Gasteiger partial charge in [0.2, 0.25) is 0 Å². The average molecular weight is 316 g/mol. The van der Waals surface area contributed by atoms with E-state index in [9.17, 15) is 14.3 Å². The van der Waals surface area contributed by atoms with Gasteiger partial charge in [-0.2, -0.15) is 0 Å². The summed E-state index contributed by atoms with van der Waals surface area (Å²) in [6.07, 6.45) is 0.398. The predicted molar refractivity (Wildman–Crippen MR) is 87.5 cm³/mol. The maximum Gasteiger partial charge on any atom is 0.315 e. The lowest BCUT2D eigenvalue weighted by atomic mass is 10.1. The zero-order chi connectivity index (χ0) is 16.7. The molecule has 5 heteroatoms. The molecule has 0 aliphatic heterocycles. The Morgan fingerprint density at radius 2 is 1.74 bits per heavy atom. The molecule has 23 heavy (non-hydrogen) atoms. The number of aliphatic hydroxyl groups excluding tert-OH is 1. The highest BCUT2D eigenvalue weighted by Gasteiger charge is 2.15. The average Bonchev–Trinajstić information content (AvgIpc) is 2.55. The van der Waals surface area contributed by atoms with Crippen LogP contribution in [0.15, 0.2) is 54.6 Å². The number of halogens is 1. The van der Waals surface area contributed by atoms with E-state index in [1.807, 2.05) is 37.3 Å². The van der Waals surface area contributed by atoms with Gasteiger partial charge in [-0.15, -0.1) is 0 Å². The summed E-state index contributed by atoms with van der Waals surface area (Å²) in [6.45, 7) is 1.61. The van der Waals surface area contributed by atoms with E-state index in [4.69, 9.17) is 0 Å². The highest BCUT2D eigenvalue weighted by Crippen LogP contribution is 2.12. The molecule has 4 nitrogen and oxygen atoms in total. The Balaban J connectivity index is 1.89. The highest BCUT2D eigenvalue weighted by atomic mass is 19.1. The molecule has 2 aromatic rings. The van der Waals surface area contributed by atoms with Gasteiger partial charge in [0, 0.05) is 6.04 Å². The van der Waals surface area contributed by atoms with Crippen LogP contribution in [0.1, 0.15) is 24.1 Å². The van der Waals surface area contributed by atoms with Gasteiger partial charge in [-0.05, 0) is 30.5 Å². The van der Waals surface area contributed by atoms with E-state index in [0.717, 1.165) is 5.56 Å². The van der Waals surface area contributed by atoms with Gasteiger partial charge in [-0.3, -0.25) is 0 Å². The second kappa shape index (κ2) is 8.29. The van der Waals surface area contributed by atoms with Gasteiger partial charge in [-0.1, -0.05) is 48.5 Å². The fraction of sp³-hybridized carbons (Fsp3) is 0.278. The highest BCUT2D eigenvalue weighted by molar-refractivity contribution is 5.74. The molecule has 3 N–H and O–H groups in total. The Labute approximate surface area is 135 Å². The van der Waals surface area contributed by atoms with Crippen LogP contribution >= 0.6 is 0 Å². The number of carbonyl (C=O) groups excluding carboxylic acids is 1. The summed E-state index contributed by atoms with van der Waals surface area (Å²) in [7, 11) is 0. The van der Waals surface area contributed by atoms with E-state index in [1.54, 1.807) is 18.2 Å². The van der Waals surface area contributed by atoms with Crippen molar-refractivity contribution in [3.8, 4) is 0 Å². The SMILES string of the molecule is CC(Cc1ccccc1F)NC(=O)NC(CO)c1ccccc1. The Morgan fingerprint density at radius 1 is 1.09 bits per heavy atom. The second-order valence-electron chi connectivity index (χ2n) is 5.46. The van der Waals surface area contributed by atoms with Gasteiger partial charge < -0.3 is 15.7 Å². The lowest BCUT2D eigenvalue weighted by Crippen LogP contribution is -2.44. The van der Waals surface area contributed by atoms with Crippen LogP contribution in [0, 0.1) is 5.82 Å². The van der Waals surface area contributed by atoms with Crippen molar-refractivity contribution in [1.82, 2.24) is 10.6 Å². The molecule has 122 valence electrons. The summed E-state index contributed by atoms with van der Waals surface area (Å²) >= 11 is 0. The Kier molecular flexibility index (Phi) is 6.11. The Hall–Kier alpha value is -2.40. The standard InChI is InChI=1S/C18H21FN2O2/c1-13(11-15-9-5-6-10-16(15)19)20-18(23)21-17(12-22)14-7-3-2-4-8-14/h2-10,13,17,22H,11-12H2,1H3,(H2,20,21,23). The molecule has 0 aliphatic carbocycles. The fourth-order valence-electron chi connectivity index (χ4n) is 2.39. The predicted octanol–water partition coefficient (Wildman–Crippen LogP) is 2.79. The van der Waals surface area contributed by atoms with Gasteiger partial charge in [0.1, 0.15) is 5.82 Å². The molecular formula is C18H21FN2O2. The third-order valence-electron chi connectivity index (χ3n) is 3.55. The number of aliphatic hydroxyl groups is 1. The summed E-state index contributed by atoms with van der Waals surface area (Å²) in [5.41, 5.74) is 1.38. The van der Waals surface area contributed by atoms with Crippen LogP contribution in [0.4, 0.5) is 9.18 Å². The summed E-state index contributed by atoms with van der Waals surface area (Å²) in [5.74, 6) is -0.279. The van der Waals surface area contributed by atoms with Gasteiger partial charge in [0.15, 0.2) is 0 Å². The summed E-state index contributed by atoms with van der Waals surface area (Å²) in [5, 5.41) is 14.9. The van der Waals surface area contributed by atoms with Crippen LogP contribution in [0.25, 0.3) is 0 Å². The van der Waals surface area contributed by atoms with Crippen molar-refractivity contribution >= 4 is 6.03 Å². The van der Waals surface area contributed by atoms with E-state index in [1.165, 1.54) is 6.07 Å². The smallest absolute Gasteiger partial charge is 0.315 e. The Morgan fingerprint density at radius 3 is 2.39 bits per heavy atom. The fourth-order valence-corrected chi connectivity index (χ4v) is 2.39. The molecule has 0 fully saturated rings. The second-order valence-corrected chi connectivity index (χ2v) is 5.46. The summed E-state index contributed by atoms with van der Waals surface area (Å²) in [4.78, 5) is 12.0. The molecule has 0 radical (unpaired) electrons. The van der Waals surface area contributed by atoms with Crippen LogP contribution < -0.4 is 10.6 Å². The van der Waals surface area contributed by atoms with Crippen molar-refractivity contribution in [2.24, 2.45) is 0 Å². The van der Waals surface area contributed by atoms with Crippen molar-refractivity contribution in [3.63, 3.8) is 0 Å². The van der Waals surface area contributed by atoms with E-state index >= 15 is 0 Å². The minimum atomic E-state index is -0.475. The van der Waals surface area contributed by atoms with Crippen molar-refractivity contribution < 1.29 is 14.3 Å². The van der Waals surface area contributed by atoms with E-state index in [-0.39, 0.29) is 18.5 Å². The number of urea groups is 1. The quantitative estimate of drug-likeness (QED) is 0.767. The molecule has 2 atom stereocenters. The number of hydrogen-bond donors (Lipinski definition) is 3. The maximum absolute atomic E-state index is 13.6. The monoisotopic (exact) mass is 316 g/mol. The number of rotatable bonds is 6. The van der Waals surface area contributed by atoms with Crippen molar-refractivity contribution in [1.29, 1.82) is 0 Å². The molecule has 0 saturated heterocycles. The zero-order valence-electron chi connectivity index (χ0n) is 13.0. The molecule has 0 bridgehead atoms. The number of amides is 2. The summed E-state index contributed by atoms with van der Waals surface area (Å²) in [6, 6.07) is 14.6. The first kappa shape index (κ1) is 17.0. The van der Waals surface area contributed by atoms with Gasteiger partial charge in [0.05, 0.1) is 12.6 Å². The van der Waals surface area contributed by atoms with Crippen LogP contribution in [0.5, 0.6) is 0 Å². The first-order chi connectivity index (χ1) is 11.1. The van der Waals surface area contributed by atoms with Crippen molar-refractivity contribution in [3.05, 3.63) is 71.5 Å². The van der Waals surface area contributed by atoms with Crippen LogP contribution in [-0.2, 0) is 6.42 Å². The third-order valence-corrected chi connectivity index (χ3v) is 3.55. The van der Waals surface area contributed by atoms with Gasteiger partial charge in [0.25, 0.3) is 0 Å².